The Labute approximate surface area is 136 Å². The highest BCUT2D eigenvalue weighted by atomic mass is 16.5. The van der Waals surface area contributed by atoms with Crippen molar-refractivity contribution < 1.29 is 14.3 Å². The van der Waals surface area contributed by atoms with Crippen molar-refractivity contribution in [2.24, 2.45) is 0 Å². The number of amides is 1. The zero-order chi connectivity index (χ0) is 16.4. The van der Waals surface area contributed by atoms with E-state index in [4.69, 9.17) is 9.47 Å². The highest BCUT2D eigenvalue weighted by Crippen LogP contribution is 2.34. The average molecular weight is 311 g/mol. The molecule has 1 aliphatic heterocycles. The van der Waals surface area contributed by atoms with E-state index in [0.29, 0.717) is 24.4 Å². The molecule has 23 heavy (non-hydrogen) atoms. The maximum absolute atomic E-state index is 12.9. The van der Waals surface area contributed by atoms with Gasteiger partial charge in [0.1, 0.15) is 11.5 Å². The molecule has 2 aromatic rings. The highest BCUT2D eigenvalue weighted by molar-refractivity contribution is 5.99. The molecule has 4 heteroatoms. The number of hydrogen-bond acceptors (Lipinski definition) is 3. The number of methoxy groups -OCH3 is 2. The van der Waals surface area contributed by atoms with Crippen molar-refractivity contribution in [2.75, 3.05) is 20.8 Å². The summed E-state index contributed by atoms with van der Waals surface area (Å²) in [5.74, 6) is 1.79. The van der Waals surface area contributed by atoms with Crippen LogP contribution in [0.25, 0.3) is 0 Å². The lowest BCUT2D eigenvalue weighted by molar-refractivity contribution is 0.0707. The highest BCUT2D eigenvalue weighted by Gasteiger charge is 2.31. The average Bonchev–Trinajstić information content (AvgIpc) is 2.59. The summed E-state index contributed by atoms with van der Waals surface area (Å²) in [4.78, 5) is 14.8. The second-order valence-corrected chi connectivity index (χ2v) is 5.86. The molecule has 120 valence electrons. The minimum atomic E-state index is 0.0337. The summed E-state index contributed by atoms with van der Waals surface area (Å²) in [7, 11) is 3.25. The number of nitrogens with zero attached hydrogens (tertiary/aromatic N) is 1. The summed E-state index contributed by atoms with van der Waals surface area (Å²) < 4.78 is 10.6. The van der Waals surface area contributed by atoms with Crippen LogP contribution in [-0.2, 0) is 6.54 Å². The van der Waals surface area contributed by atoms with Gasteiger partial charge in [-0.05, 0) is 35.2 Å². The number of fused-ring (bicyclic) bond motifs is 1. The van der Waals surface area contributed by atoms with Crippen LogP contribution >= 0.6 is 0 Å². The Morgan fingerprint density at radius 2 is 1.83 bits per heavy atom. The van der Waals surface area contributed by atoms with Crippen LogP contribution in [0.5, 0.6) is 11.5 Å². The molecule has 1 amide bonds. The van der Waals surface area contributed by atoms with Crippen molar-refractivity contribution in [3.8, 4) is 11.5 Å². The molecule has 0 aliphatic carbocycles. The van der Waals surface area contributed by atoms with E-state index < -0.39 is 0 Å². The summed E-state index contributed by atoms with van der Waals surface area (Å²) in [5.41, 5.74) is 2.85. The van der Waals surface area contributed by atoms with Crippen LogP contribution in [0, 0.1) is 0 Å². The van der Waals surface area contributed by atoms with Gasteiger partial charge in [0.25, 0.3) is 5.91 Å². The largest absolute Gasteiger partial charge is 0.497 e. The molecule has 1 unspecified atom stereocenters. The van der Waals surface area contributed by atoms with Crippen LogP contribution in [0.15, 0.2) is 42.5 Å². The van der Waals surface area contributed by atoms with Crippen molar-refractivity contribution in [1.29, 1.82) is 0 Å². The zero-order valence-electron chi connectivity index (χ0n) is 13.7. The van der Waals surface area contributed by atoms with E-state index in [-0.39, 0.29) is 11.8 Å². The molecule has 0 saturated carbocycles. The predicted octanol–water partition coefficient (Wildman–Crippen LogP) is 3.46. The van der Waals surface area contributed by atoms with Gasteiger partial charge in [0.15, 0.2) is 0 Å². The fraction of sp³-hybridized carbons (Fsp3) is 0.316. The molecule has 3 rings (SSSR count). The van der Waals surface area contributed by atoms with Crippen molar-refractivity contribution in [3.05, 3.63) is 59.2 Å². The first-order valence-corrected chi connectivity index (χ1v) is 7.73. The fourth-order valence-electron chi connectivity index (χ4n) is 3.12. The third-order valence-electron chi connectivity index (χ3n) is 4.34. The molecule has 1 atom stereocenters. The normalized spacial score (nSPS) is 16.9. The molecular weight excluding hydrogens is 290 g/mol. The molecule has 0 radical (unpaired) electrons. The van der Waals surface area contributed by atoms with Crippen molar-refractivity contribution in [3.63, 3.8) is 0 Å². The maximum Gasteiger partial charge on any atom is 0.258 e. The molecule has 0 N–H and O–H groups in total. The molecule has 0 aromatic heterocycles. The smallest absolute Gasteiger partial charge is 0.258 e. The first kappa shape index (κ1) is 15.4. The van der Waals surface area contributed by atoms with Gasteiger partial charge in [-0.3, -0.25) is 4.79 Å². The minimum Gasteiger partial charge on any atom is -0.497 e. The molecule has 1 heterocycles. The van der Waals surface area contributed by atoms with Gasteiger partial charge in [0, 0.05) is 13.1 Å². The lowest BCUT2D eigenvalue weighted by atomic mass is 9.89. The topological polar surface area (TPSA) is 38.8 Å². The summed E-state index contributed by atoms with van der Waals surface area (Å²) in [6, 6.07) is 13.6. The van der Waals surface area contributed by atoms with Gasteiger partial charge in [-0.2, -0.15) is 0 Å². The Bertz CT molecular complexity index is 709. The molecule has 2 aromatic carbocycles. The quantitative estimate of drug-likeness (QED) is 0.868. The first-order chi connectivity index (χ1) is 11.1. The number of carbonyl (C=O) groups is 1. The first-order valence-electron chi connectivity index (χ1n) is 7.73. The fourth-order valence-corrected chi connectivity index (χ4v) is 3.12. The van der Waals surface area contributed by atoms with E-state index in [2.05, 4.69) is 6.92 Å². The van der Waals surface area contributed by atoms with Crippen LogP contribution in [0.2, 0.25) is 0 Å². The number of ether oxygens (including phenoxy) is 2. The minimum absolute atomic E-state index is 0.0337. The van der Waals surface area contributed by atoms with Crippen molar-refractivity contribution in [1.82, 2.24) is 4.90 Å². The van der Waals surface area contributed by atoms with E-state index >= 15 is 0 Å². The van der Waals surface area contributed by atoms with Gasteiger partial charge in [0.2, 0.25) is 0 Å². The van der Waals surface area contributed by atoms with E-state index in [0.717, 1.165) is 16.9 Å². The van der Waals surface area contributed by atoms with Gasteiger partial charge in [-0.25, -0.2) is 0 Å². The third kappa shape index (κ3) is 2.89. The van der Waals surface area contributed by atoms with Gasteiger partial charge in [-0.15, -0.1) is 0 Å². The summed E-state index contributed by atoms with van der Waals surface area (Å²) in [5, 5.41) is 0. The van der Waals surface area contributed by atoms with Crippen molar-refractivity contribution in [2.45, 2.75) is 19.4 Å². The second kappa shape index (κ2) is 6.32. The number of hydrogen-bond donors (Lipinski definition) is 0. The predicted molar refractivity (Wildman–Crippen MR) is 89.1 cm³/mol. The molecule has 0 bridgehead atoms. The zero-order valence-corrected chi connectivity index (χ0v) is 13.7. The lowest BCUT2D eigenvalue weighted by Crippen LogP contribution is -2.39. The maximum atomic E-state index is 12.9. The second-order valence-electron chi connectivity index (χ2n) is 5.86. The standard InChI is InChI=1S/C19H21NO3/c1-13-11-20(12-14-7-9-15(22-2)10-8-14)19(21)18-16(13)5-4-6-17(18)23-3/h4-10,13H,11-12H2,1-3H3. The molecule has 1 aliphatic rings. The lowest BCUT2D eigenvalue weighted by Gasteiger charge is -2.33. The van der Waals surface area contributed by atoms with Gasteiger partial charge >= 0.3 is 0 Å². The molecule has 4 nitrogen and oxygen atoms in total. The van der Waals surface area contributed by atoms with Gasteiger partial charge in [-0.1, -0.05) is 31.2 Å². The summed E-state index contributed by atoms with van der Waals surface area (Å²) in [6.45, 7) is 3.45. The Kier molecular flexibility index (Phi) is 4.24. The van der Waals surface area contributed by atoms with Crippen molar-refractivity contribution >= 4 is 5.91 Å². The van der Waals surface area contributed by atoms with Crippen LogP contribution in [0.4, 0.5) is 0 Å². The molecule has 0 fully saturated rings. The van der Waals surface area contributed by atoms with Gasteiger partial charge < -0.3 is 14.4 Å². The van der Waals surface area contributed by atoms with E-state index in [1.807, 2.05) is 47.4 Å². The SMILES string of the molecule is COc1ccc(CN2CC(C)c3cccc(OC)c3C2=O)cc1. The van der Waals surface area contributed by atoms with Crippen LogP contribution in [0.1, 0.15) is 34.3 Å². The number of benzene rings is 2. The monoisotopic (exact) mass is 311 g/mol. The van der Waals surface area contributed by atoms with Crippen LogP contribution in [0.3, 0.4) is 0 Å². The van der Waals surface area contributed by atoms with E-state index in [1.54, 1.807) is 14.2 Å². The Morgan fingerprint density at radius 3 is 2.48 bits per heavy atom. The van der Waals surface area contributed by atoms with Crippen LogP contribution < -0.4 is 9.47 Å². The molecular formula is C19H21NO3. The Balaban J connectivity index is 1.88. The Morgan fingerprint density at radius 1 is 1.09 bits per heavy atom. The number of carbonyl (C=O) groups excluding carboxylic acids is 1. The summed E-state index contributed by atoms with van der Waals surface area (Å²) in [6.07, 6.45) is 0. The van der Waals surface area contributed by atoms with Gasteiger partial charge in [0.05, 0.1) is 19.8 Å². The third-order valence-corrected chi connectivity index (χ3v) is 4.34. The molecule has 0 spiro atoms. The number of rotatable bonds is 4. The van der Waals surface area contributed by atoms with E-state index in [1.165, 1.54) is 0 Å². The Hall–Kier alpha value is -2.49. The van der Waals surface area contributed by atoms with Crippen LogP contribution in [-0.4, -0.2) is 31.6 Å². The van der Waals surface area contributed by atoms with E-state index in [9.17, 15) is 4.79 Å². The summed E-state index contributed by atoms with van der Waals surface area (Å²) >= 11 is 0. The molecule has 0 saturated heterocycles.